The second kappa shape index (κ2) is 8.64. The molecular formula is C16H11Cl2N5OS2. The number of benzene rings is 1. The van der Waals surface area contributed by atoms with Crippen LogP contribution in [0.15, 0.2) is 46.6 Å². The molecular weight excluding hydrogens is 413 g/mol. The van der Waals surface area contributed by atoms with Gasteiger partial charge in [-0.2, -0.15) is 5.26 Å². The number of nitriles is 1. The van der Waals surface area contributed by atoms with Gasteiger partial charge in [-0.1, -0.05) is 47.1 Å². The largest absolute Gasteiger partial charge is 0.324 e. The molecule has 132 valence electrons. The van der Waals surface area contributed by atoms with Crippen molar-refractivity contribution >= 4 is 64.0 Å². The zero-order valence-corrected chi connectivity index (χ0v) is 16.3. The lowest BCUT2D eigenvalue weighted by Gasteiger charge is -2.09. The molecule has 2 aromatic heterocycles. The Hall–Kier alpha value is -1.92. The number of nitrogens with zero attached hydrogens (tertiary/aromatic N) is 4. The molecule has 0 aliphatic heterocycles. The molecule has 6 nitrogen and oxygen atoms in total. The number of pyridine rings is 1. The summed E-state index contributed by atoms with van der Waals surface area (Å²) in [6, 6.07) is 11.0. The number of thioether (sulfide) groups is 2. The Morgan fingerprint density at radius 1 is 1.27 bits per heavy atom. The van der Waals surface area contributed by atoms with Crippen LogP contribution in [0.2, 0.25) is 10.0 Å². The molecule has 0 saturated carbocycles. The van der Waals surface area contributed by atoms with Crippen LogP contribution in [0.5, 0.6) is 0 Å². The second-order valence-electron chi connectivity index (χ2n) is 4.96. The first-order valence-electron chi connectivity index (χ1n) is 7.29. The Morgan fingerprint density at radius 2 is 2.08 bits per heavy atom. The third kappa shape index (κ3) is 4.43. The molecule has 2 heterocycles. The van der Waals surface area contributed by atoms with Gasteiger partial charge >= 0.3 is 0 Å². The summed E-state index contributed by atoms with van der Waals surface area (Å²) in [5.74, 6) is 0.265. The van der Waals surface area contributed by atoms with E-state index in [0.29, 0.717) is 32.3 Å². The van der Waals surface area contributed by atoms with Crippen LogP contribution >= 0.6 is 46.7 Å². The fourth-order valence-electron chi connectivity index (χ4n) is 2.12. The summed E-state index contributed by atoms with van der Waals surface area (Å²) in [6.07, 6.45) is 1.65. The zero-order chi connectivity index (χ0) is 18.5. The molecule has 0 saturated heterocycles. The van der Waals surface area contributed by atoms with E-state index in [0.717, 1.165) is 4.90 Å². The average molecular weight is 424 g/mol. The third-order valence-electron chi connectivity index (χ3n) is 3.18. The number of anilines is 1. The highest BCUT2D eigenvalue weighted by molar-refractivity contribution is 8.00. The number of hydrogen-bond acceptors (Lipinski definition) is 6. The summed E-state index contributed by atoms with van der Waals surface area (Å²) in [6.45, 7) is 0. The van der Waals surface area contributed by atoms with E-state index in [4.69, 9.17) is 28.5 Å². The number of fused-ring (bicyclic) bond motifs is 1. The highest BCUT2D eigenvalue weighted by Gasteiger charge is 2.13. The minimum Gasteiger partial charge on any atom is -0.324 e. The molecule has 0 radical (unpaired) electrons. The molecule has 3 rings (SSSR count). The smallest absolute Gasteiger partial charge is 0.234 e. The van der Waals surface area contributed by atoms with Crippen molar-refractivity contribution in [1.82, 2.24) is 14.6 Å². The summed E-state index contributed by atoms with van der Waals surface area (Å²) in [7, 11) is 0. The summed E-state index contributed by atoms with van der Waals surface area (Å²) in [5, 5.41) is 21.0. The Morgan fingerprint density at radius 3 is 2.88 bits per heavy atom. The van der Waals surface area contributed by atoms with Gasteiger partial charge in [0.2, 0.25) is 5.91 Å². The number of hydrogen-bond donors (Lipinski definition) is 1. The van der Waals surface area contributed by atoms with Crippen LogP contribution in [-0.4, -0.2) is 32.0 Å². The van der Waals surface area contributed by atoms with Crippen LogP contribution in [0.4, 0.5) is 5.69 Å². The molecule has 1 N–H and O–H groups in total. The first-order chi connectivity index (χ1) is 12.6. The van der Waals surface area contributed by atoms with Gasteiger partial charge in [-0.25, -0.2) is 0 Å². The number of rotatable bonds is 6. The first kappa shape index (κ1) is 18.9. The first-order valence-corrected chi connectivity index (χ1v) is 10.0. The molecule has 1 aromatic carbocycles. The molecule has 0 unspecified atom stereocenters. The van der Waals surface area contributed by atoms with Crippen LogP contribution in [0.1, 0.15) is 0 Å². The van der Waals surface area contributed by atoms with E-state index in [1.54, 1.807) is 22.7 Å². The minimum absolute atomic E-state index is 0.141. The van der Waals surface area contributed by atoms with Crippen LogP contribution in [-0.2, 0) is 4.79 Å². The van der Waals surface area contributed by atoms with Crippen molar-refractivity contribution in [2.24, 2.45) is 0 Å². The van der Waals surface area contributed by atoms with Gasteiger partial charge in [0.1, 0.15) is 0 Å². The lowest BCUT2D eigenvalue weighted by atomic mass is 10.3. The molecule has 0 aliphatic rings. The van der Waals surface area contributed by atoms with Crippen LogP contribution in [0.25, 0.3) is 5.65 Å². The van der Waals surface area contributed by atoms with Gasteiger partial charge in [0.05, 0.1) is 33.3 Å². The molecule has 0 spiro atoms. The highest BCUT2D eigenvalue weighted by atomic mass is 35.5. The summed E-state index contributed by atoms with van der Waals surface area (Å²) >= 11 is 14.7. The molecule has 0 aliphatic carbocycles. The average Bonchev–Trinajstić information content (AvgIpc) is 3.02. The maximum atomic E-state index is 12.3. The minimum atomic E-state index is -0.190. The SMILES string of the molecule is N#CCSc1ccccc1NC(=O)CSc1nnc2c(Cl)cc(Cl)cn12. The van der Waals surface area contributed by atoms with Gasteiger partial charge < -0.3 is 5.32 Å². The zero-order valence-electron chi connectivity index (χ0n) is 13.1. The number of nitrogens with one attached hydrogen (secondary N) is 1. The Bertz CT molecular complexity index is 1000. The number of halogens is 2. The quantitative estimate of drug-likeness (QED) is 0.592. The maximum absolute atomic E-state index is 12.3. The lowest BCUT2D eigenvalue weighted by molar-refractivity contribution is -0.113. The van der Waals surface area contributed by atoms with E-state index in [1.807, 2.05) is 18.2 Å². The van der Waals surface area contributed by atoms with Crippen molar-refractivity contribution in [3.63, 3.8) is 0 Å². The maximum Gasteiger partial charge on any atom is 0.234 e. The van der Waals surface area contributed by atoms with Crippen LogP contribution in [0, 0.1) is 11.3 Å². The fourth-order valence-corrected chi connectivity index (χ4v) is 4.01. The number of carbonyl (C=O) groups excluding carboxylic acids is 1. The summed E-state index contributed by atoms with van der Waals surface area (Å²) in [4.78, 5) is 13.1. The van der Waals surface area contributed by atoms with E-state index in [9.17, 15) is 4.79 Å². The van der Waals surface area contributed by atoms with Crippen LogP contribution in [0.3, 0.4) is 0 Å². The predicted octanol–water partition coefficient (Wildman–Crippen LogP) is 4.38. The Kier molecular flexibility index (Phi) is 6.27. The van der Waals surface area contributed by atoms with E-state index < -0.39 is 0 Å². The topological polar surface area (TPSA) is 83.1 Å². The Balaban J connectivity index is 1.68. The second-order valence-corrected chi connectivity index (χ2v) is 7.77. The van der Waals surface area contributed by atoms with E-state index in [-0.39, 0.29) is 11.7 Å². The van der Waals surface area contributed by atoms with Crippen molar-refractivity contribution in [3.8, 4) is 6.07 Å². The molecule has 3 aromatic rings. The van der Waals surface area contributed by atoms with Crippen molar-refractivity contribution in [3.05, 3.63) is 46.6 Å². The summed E-state index contributed by atoms with van der Waals surface area (Å²) < 4.78 is 1.65. The molecule has 0 bridgehead atoms. The number of carbonyl (C=O) groups is 1. The predicted molar refractivity (Wildman–Crippen MR) is 105 cm³/mol. The van der Waals surface area contributed by atoms with Crippen molar-refractivity contribution in [2.45, 2.75) is 10.1 Å². The molecule has 0 fully saturated rings. The van der Waals surface area contributed by atoms with E-state index >= 15 is 0 Å². The summed E-state index contributed by atoms with van der Waals surface area (Å²) in [5.41, 5.74) is 1.16. The number of aromatic nitrogens is 3. The van der Waals surface area contributed by atoms with Gasteiger partial charge in [0.25, 0.3) is 0 Å². The molecule has 26 heavy (non-hydrogen) atoms. The number of amides is 1. The lowest BCUT2D eigenvalue weighted by Crippen LogP contribution is -2.14. The Labute approximate surface area is 167 Å². The van der Waals surface area contributed by atoms with Crippen LogP contribution < -0.4 is 5.32 Å². The number of para-hydroxylation sites is 1. The van der Waals surface area contributed by atoms with Gasteiger partial charge in [-0.15, -0.1) is 22.0 Å². The van der Waals surface area contributed by atoms with Crippen molar-refractivity contribution in [1.29, 1.82) is 5.26 Å². The van der Waals surface area contributed by atoms with Gasteiger partial charge in [-0.05, 0) is 18.2 Å². The molecule has 10 heteroatoms. The highest BCUT2D eigenvalue weighted by Crippen LogP contribution is 2.28. The molecule has 0 atom stereocenters. The van der Waals surface area contributed by atoms with Gasteiger partial charge in [-0.3, -0.25) is 9.20 Å². The monoisotopic (exact) mass is 423 g/mol. The van der Waals surface area contributed by atoms with E-state index in [2.05, 4.69) is 21.6 Å². The van der Waals surface area contributed by atoms with Crippen molar-refractivity contribution in [2.75, 3.05) is 16.8 Å². The molecule has 1 amide bonds. The fraction of sp³-hybridized carbons (Fsp3) is 0.125. The van der Waals surface area contributed by atoms with Gasteiger partial charge in [0.15, 0.2) is 10.8 Å². The van der Waals surface area contributed by atoms with Gasteiger partial charge in [0, 0.05) is 11.1 Å². The normalized spacial score (nSPS) is 10.7. The third-order valence-corrected chi connectivity index (χ3v) is 5.55. The van der Waals surface area contributed by atoms with Crippen molar-refractivity contribution < 1.29 is 4.79 Å². The standard InChI is InChI=1S/C16H11Cl2N5OS2/c17-10-7-11(18)15-21-22-16(23(15)8-10)26-9-14(24)20-12-3-1-2-4-13(12)25-6-5-19/h1-4,7-8H,6,9H2,(H,20,24). The van der Waals surface area contributed by atoms with E-state index in [1.165, 1.54) is 23.5 Å².